The summed E-state index contributed by atoms with van der Waals surface area (Å²) < 4.78 is 7.63. The third-order valence-electron chi connectivity index (χ3n) is 3.68. The molecule has 1 aromatic carbocycles. The van der Waals surface area contributed by atoms with Gasteiger partial charge >= 0.3 is 0 Å². The van der Waals surface area contributed by atoms with E-state index in [0.717, 1.165) is 28.8 Å². The van der Waals surface area contributed by atoms with Crippen molar-refractivity contribution in [2.45, 2.75) is 26.0 Å². The number of hydrogen-bond acceptors (Lipinski definition) is 3. The van der Waals surface area contributed by atoms with Crippen molar-refractivity contribution in [3.63, 3.8) is 0 Å². The van der Waals surface area contributed by atoms with E-state index in [-0.39, 0.29) is 5.60 Å². The second-order valence-corrected chi connectivity index (χ2v) is 5.75. The molecule has 0 saturated heterocycles. The summed E-state index contributed by atoms with van der Waals surface area (Å²) in [7, 11) is 1.73. The number of pyridine rings is 1. The van der Waals surface area contributed by atoms with Gasteiger partial charge in [0.25, 0.3) is 0 Å². The molecule has 0 aliphatic heterocycles. The number of methoxy groups -OCH3 is 1. The van der Waals surface area contributed by atoms with E-state index < -0.39 is 0 Å². The molecular formula is C17H19N3O. The van der Waals surface area contributed by atoms with E-state index in [2.05, 4.69) is 52.6 Å². The van der Waals surface area contributed by atoms with Crippen LogP contribution >= 0.6 is 0 Å². The number of fused-ring (bicyclic) bond motifs is 1. The van der Waals surface area contributed by atoms with Crippen molar-refractivity contribution in [3.8, 4) is 11.4 Å². The summed E-state index contributed by atoms with van der Waals surface area (Å²) in [6, 6.07) is 10.3. The highest BCUT2D eigenvalue weighted by atomic mass is 16.5. The van der Waals surface area contributed by atoms with Crippen LogP contribution in [0.1, 0.15) is 13.8 Å². The zero-order valence-corrected chi connectivity index (χ0v) is 12.6. The minimum Gasteiger partial charge on any atom is -0.377 e. The number of nitrogens with zero attached hydrogens (tertiary/aromatic N) is 3. The Balaban J connectivity index is 2.01. The van der Waals surface area contributed by atoms with Gasteiger partial charge in [0, 0.05) is 36.7 Å². The number of aromatic nitrogens is 3. The Morgan fingerprint density at radius 1 is 1.14 bits per heavy atom. The van der Waals surface area contributed by atoms with Gasteiger partial charge in [0.1, 0.15) is 5.82 Å². The Morgan fingerprint density at radius 3 is 2.81 bits per heavy atom. The fourth-order valence-corrected chi connectivity index (χ4v) is 2.38. The molecule has 0 bridgehead atoms. The van der Waals surface area contributed by atoms with Crippen LogP contribution in [0.15, 0.2) is 48.9 Å². The lowest BCUT2D eigenvalue weighted by Gasteiger charge is -2.24. The molecule has 0 radical (unpaired) electrons. The fraction of sp³-hybridized carbons (Fsp3) is 0.294. The Hall–Kier alpha value is -2.20. The van der Waals surface area contributed by atoms with E-state index in [0.29, 0.717) is 0 Å². The smallest absolute Gasteiger partial charge is 0.140 e. The van der Waals surface area contributed by atoms with Gasteiger partial charge in [-0.2, -0.15) is 0 Å². The van der Waals surface area contributed by atoms with Crippen LogP contribution in [-0.4, -0.2) is 27.2 Å². The van der Waals surface area contributed by atoms with Crippen LogP contribution in [0.3, 0.4) is 0 Å². The van der Waals surface area contributed by atoms with E-state index >= 15 is 0 Å². The van der Waals surface area contributed by atoms with E-state index in [4.69, 9.17) is 4.74 Å². The molecule has 0 unspecified atom stereocenters. The lowest BCUT2D eigenvalue weighted by Crippen LogP contribution is -2.29. The normalized spacial score (nSPS) is 12.0. The molecule has 3 rings (SSSR count). The molecule has 0 atom stereocenters. The molecule has 2 heterocycles. The van der Waals surface area contributed by atoms with Gasteiger partial charge in [-0.05, 0) is 26.0 Å². The minimum absolute atomic E-state index is 0.232. The highest BCUT2D eigenvalue weighted by Crippen LogP contribution is 2.23. The SMILES string of the molecule is COC(C)(C)Cn1ccnc1-c1ccc2cccnc2c1. The van der Waals surface area contributed by atoms with Gasteiger partial charge < -0.3 is 9.30 Å². The average molecular weight is 281 g/mol. The largest absolute Gasteiger partial charge is 0.377 e. The maximum atomic E-state index is 5.51. The Labute approximate surface area is 124 Å². The maximum absolute atomic E-state index is 5.51. The van der Waals surface area contributed by atoms with Crippen molar-refractivity contribution in [1.82, 2.24) is 14.5 Å². The molecular weight excluding hydrogens is 262 g/mol. The van der Waals surface area contributed by atoms with Gasteiger partial charge in [0.05, 0.1) is 17.7 Å². The summed E-state index contributed by atoms with van der Waals surface area (Å²) >= 11 is 0. The molecule has 0 N–H and O–H groups in total. The first-order valence-electron chi connectivity index (χ1n) is 7.00. The molecule has 0 amide bonds. The number of imidazole rings is 1. The second kappa shape index (κ2) is 5.30. The topological polar surface area (TPSA) is 39.9 Å². The van der Waals surface area contributed by atoms with Crippen molar-refractivity contribution >= 4 is 10.9 Å². The Bertz CT molecular complexity index is 761. The Kier molecular flexibility index (Phi) is 3.47. The van der Waals surface area contributed by atoms with Crippen LogP contribution in [0.2, 0.25) is 0 Å². The molecule has 0 aliphatic rings. The summed E-state index contributed by atoms with van der Waals surface area (Å²) in [5.41, 5.74) is 1.82. The molecule has 0 spiro atoms. The number of benzene rings is 1. The lowest BCUT2D eigenvalue weighted by atomic mass is 10.1. The zero-order chi connectivity index (χ0) is 14.9. The van der Waals surface area contributed by atoms with E-state index in [1.54, 1.807) is 7.11 Å². The van der Waals surface area contributed by atoms with Crippen LogP contribution in [-0.2, 0) is 11.3 Å². The van der Waals surface area contributed by atoms with E-state index in [1.807, 2.05) is 24.7 Å². The fourth-order valence-electron chi connectivity index (χ4n) is 2.38. The monoisotopic (exact) mass is 281 g/mol. The molecule has 4 heteroatoms. The third kappa shape index (κ3) is 2.81. The summed E-state index contributed by atoms with van der Waals surface area (Å²) in [6.07, 6.45) is 5.62. The van der Waals surface area contributed by atoms with Gasteiger partial charge in [0.2, 0.25) is 0 Å². The van der Waals surface area contributed by atoms with Gasteiger partial charge in [0.15, 0.2) is 0 Å². The van der Waals surface area contributed by atoms with E-state index in [1.165, 1.54) is 0 Å². The zero-order valence-electron chi connectivity index (χ0n) is 12.6. The maximum Gasteiger partial charge on any atom is 0.140 e. The van der Waals surface area contributed by atoms with Crippen LogP contribution in [0.4, 0.5) is 0 Å². The number of hydrogen-bond donors (Lipinski definition) is 0. The van der Waals surface area contributed by atoms with Crippen LogP contribution < -0.4 is 0 Å². The summed E-state index contributed by atoms with van der Waals surface area (Å²) in [6.45, 7) is 4.89. The Morgan fingerprint density at radius 2 is 2.00 bits per heavy atom. The first-order chi connectivity index (χ1) is 10.1. The third-order valence-corrected chi connectivity index (χ3v) is 3.68. The minimum atomic E-state index is -0.232. The first-order valence-corrected chi connectivity index (χ1v) is 7.00. The quantitative estimate of drug-likeness (QED) is 0.734. The predicted octanol–water partition coefficient (Wildman–Crippen LogP) is 3.52. The van der Waals surface area contributed by atoms with Crippen molar-refractivity contribution in [1.29, 1.82) is 0 Å². The van der Waals surface area contributed by atoms with Crippen LogP contribution in [0.25, 0.3) is 22.3 Å². The summed E-state index contributed by atoms with van der Waals surface area (Å²) in [5.74, 6) is 0.938. The second-order valence-electron chi connectivity index (χ2n) is 5.75. The highest BCUT2D eigenvalue weighted by molar-refractivity contribution is 5.82. The van der Waals surface area contributed by atoms with Crippen molar-refractivity contribution in [3.05, 3.63) is 48.9 Å². The molecule has 21 heavy (non-hydrogen) atoms. The highest BCUT2D eigenvalue weighted by Gasteiger charge is 2.19. The van der Waals surface area contributed by atoms with Crippen LogP contribution in [0.5, 0.6) is 0 Å². The van der Waals surface area contributed by atoms with Crippen molar-refractivity contribution < 1.29 is 4.74 Å². The lowest BCUT2D eigenvalue weighted by molar-refractivity contribution is 0.00851. The van der Waals surface area contributed by atoms with E-state index in [9.17, 15) is 0 Å². The van der Waals surface area contributed by atoms with Gasteiger partial charge in [-0.3, -0.25) is 4.98 Å². The standard InChI is InChI=1S/C17H19N3O/c1-17(2,21-3)12-20-10-9-19-16(20)14-7-6-13-5-4-8-18-15(13)11-14/h4-11H,12H2,1-3H3. The van der Waals surface area contributed by atoms with Crippen LogP contribution in [0, 0.1) is 0 Å². The summed E-state index contributed by atoms with van der Waals surface area (Å²) in [4.78, 5) is 8.90. The van der Waals surface area contributed by atoms with Crippen molar-refractivity contribution in [2.75, 3.05) is 7.11 Å². The molecule has 2 aromatic heterocycles. The van der Waals surface area contributed by atoms with Gasteiger partial charge in [-0.15, -0.1) is 0 Å². The molecule has 0 fully saturated rings. The average Bonchev–Trinajstić information content (AvgIpc) is 2.94. The molecule has 4 nitrogen and oxygen atoms in total. The number of rotatable bonds is 4. The molecule has 108 valence electrons. The van der Waals surface area contributed by atoms with Gasteiger partial charge in [-0.1, -0.05) is 18.2 Å². The summed E-state index contributed by atoms with van der Waals surface area (Å²) in [5, 5.41) is 1.14. The molecule has 0 aliphatic carbocycles. The number of ether oxygens (including phenoxy) is 1. The first kappa shape index (κ1) is 13.8. The molecule has 0 saturated carbocycles. The molecule has 3 aromatic rings. The van der Waals surface area contributed by atoms with Crippen molar-refractivity contribution in [2.24, 2.45) is 0 Å². The van der Waals surface area contributed by atoms with Gasteiger partial charge in [-0.25, -0.2) is 4.98 Å². The predicted molar refractivity (Wildman–Crippen MR) is 84.1 cm³/mol.